The molecule has 21 heavy (non-hydrogen) atoms. The molecule has 0 spiro atoms. The molecule has 4 nitrogen and oxygen atoms in total. The van der Waals surface area contributed by atoms with E-state index in [1.807, 2.05) is 48.5 Å². The van der Waals surface area contributed by atoms with Crippen LogP contribution in [0.5, 0.6) is 0 Å². The zero-order valence-electron chi connectivity index (χ0n) is 11.4. The molecule has 0 aromatic heterocycles. The second-order valence-electron chi connectivity index (χ2n) is 5.12. The average Bonchev–Trinajstić information content (AvgIpc) is 2.48. The van der Waals surface area contributed by atoms with Crippen molar-refractivity contribution in [2.45, 2.75) is 19.0 Å². The average molecular weight is 281 g/mol. The van der Waals surface area contributed by atoms with E-state index in [1.54, 1.807) is 6.07 Å². The van der Waals surface area contributed by atoms with E-state index >= 15 is 0 Å². The molecule has 1 atom stereocenters. The molecule has 1 unspecified atom stereocenters. The molecule has 0 bridgehead atoms. The summed E-state index contributed by atoms with van der Waals surface area (Å²) in [5.74, 6) is -1.14. The SMILES string of the molecule is O=C(O)C1c2ccccc2CC(=O)N1Cc1ccccc1. The standard InChI is InChI=1S/C17H15NO3/c19-15-10-13-8-4-5-9-14(13)16(17(20)21)18(15)11-12-6-2-1-3-7-12/h1-9,16H,10-11H2,(H,20,21). The molecule has 2 aromatic carbocycles. The number of benzene rings is 2. The van der Waals surface area contributed by atoms with Gasteiger partial charge in [0.2, 0.25) is 5.91 Å². The van der Waals surface area contributed by atoms with Crippen molar-refractivity contribution >= 4 is 11.9 Å². The van der Waals surface area contributed by atoms with E-state index in [4.69, 9.17) is 0 Å². The Labute approximate surface area is 122 Å². The molecule has 1 amide bonds. The largest absolute Gasteiger partial charge is 0.479 e. The molecule has 1 heterocycles. The Morgan fingerprint density at radius 2 is 1.76 bits per heavy atom. The highest BCUT2D eigenvalue weighted by Crippen LogP contribution is 2.31. The highest BCUT2D eigenvalue weighted by Gasteiger charge is 2.36. The zero-order valence-corrected chi connectivity index (χ0v) is 11.4. The molecule has 106 valence electrons. The monoisotopic (exact) mass is 281 g/mol. The number of fused-ring (bicyclic) bond motifs is 1. The van der Waals surface area contributed by atoms with E-state index in [9.17, 15) is 14.7 Å². The molecule has 4 heteroatoms. The minimum Gasteiger partial charge on any atom is -0.479 e. The molecule has 0 radical (unpaired) electrons. The highest BCUT2D eigenvalue weighted by atomic mass is 16.4. The lowest BCUT2D eigenvalue weighted by Crippen LogP contribution is -2.43. The van der Waals surface area contributed by atoms with E-state index < -0.39 is 12.0 Å². The van der Waals surface area contributed by atoms with Gasteiger partial charge in [0.15, 0.2) is 6.04 Å². The Hall–Kier alpha value is -2.62. The summed E-state index contributed by atoms with van der Waals surface area (Å²) in [5, 5.41) is 9.56. The summed E-state index contributed by atoms with van der Waals surface area (Å²) in [5.41, 5.74) is 2.44. The summed E-state index contributed by atoms with van der Waals surface area (Å²) in [6, 6.07) is 15.8. The Morgan fingerprint density at radius 3 is 2.48 bits per heavy atom. The van der Waals surface area contributed by atoms with Crippen LogP contribution in [0.3, 0.4) is 0 Å². The van der Waals surface area contributed by atoms with Crippen molar-refractivity contribution in [1.29, 1.82) is 0 Å². The van der Waals surface area contributed by atoms with Crippen LogP contribution in [0.2, 0.25) is 0 Å². The fourth-order valence-electron chi connectivity index (χ4n) is 2.76. The number of hydrogen-bond acceptors (Lipinski definition) is 2. The van der Waals surface area contributed by atoms with Crippen molar-refractivity contribution < 1.29 is 14.7 Å². The minimum absolute atomic E-state index is 0.148. The van der Waals surface area contributed by atoms with Gasteiger partial charge in [-0.3, -0.25) is 4.79 Å². The van der Waals surface area contributed by atoms with Crippen molar-refractivity contribution in [2.24, 2.45) is 0 Å². The highest BCUT2D eigenvalue weighted by molar-refractivity contribution is 5.89. The number of carboxylic acids is 1. The third-order valence-corrected chi connectivity index (χ3v) is 3.75. The number of amides is 1. The molecule has 1 aliphatic heterocycles. The number of carboxylic acid groups (broad SMARTS) is 1. The molecule has 1 N–H and O–H groups in total. The summed E-state index contributed by atoms with van der Waals surface area (Å²) in [6.07, 6.45) is 0.257. The summed E-state index contributed by atoms with van der Waals surface area (Å²) in [4.78, 5) is 25.5. The first-order valence-electron chi connectivity index (χ1n) is 6.81. The van der Waals surface area contributed by atoms with Crippen molar-refractivity contribution in [3.8, 4) is 0 Å². The molecule has 1 aliphatic rings. The van der Waals surface area contributed by atoms with Crippen LogP contribution in [-0.2, 0) is 22.6 Å². The fraction of sp³-hybridized carbons (Fsp3) is 0.176. The van der Waals surface area contributed by atoms with Gasteiger partial charge in [-0.15, -0.1) is 0 Å². The minimum atomic E-state index is -0.994. The van der Waals surface area contributed by atoms with Crippen LogP contribution in [0.4, 0.5) is 0 Å². The maximum absolute atomic E-state index is 12.3. The van der Waals surface area contributed by atoms with E-state index in [0.29, 0.717) is 12.1 Å². The van der Waals surface area contributed by atoms with Gasteiger partial charge in [0.25, 0.3) is 0 Å². The van der Waals surface area contributed by atoms with E-state index in [-0.39, 0.29) is 12.3 Å². The predicted molar refractivity (Wildman–Crippen MR) is 77.5 cm³/mol. The summed E-state index contributed by atoms with van der Waals surface area (Å²) < 4.78 is 0. The number of aliphatic carboxylic acids is 1. The van der Waals surface area contributed by atoms with Gasteiger partial charge in [-0.1, -0.05) is 54.6 Å². The Balaban J connectivity index is 1.99. The van der Waals surface area contributed by atoms with Crippen LogP contribution >= 0.6 is 0 Å². The number of hydrogen-bond donors (Lipinski definition) is 1. The smallest absolute Gasteiger partial charge is 0.331 e. The van der Waals surface area contributed by atoms with Gasteiger partial charge in [0, 0.05) is 6.54 Å². The lowest BCUT2D eigenvalue weighted by Gasteiger charge is -2.34. The van der Waals surface area contributed by atoms with Crippen molar-refractivity contribution in [1.82, 2.24) is 4.90 Å². The number of rotatable bonds is 3. The van der Waals surface area contributed by atoms with Crippen LogP contribution in [0.25, 0.3) is 0 Å². The zero-order chi connectivity index (χ0) is 14.8. The van der Waals surface area contributed by atoms with Gasteiger partial charge >= 0.3 is 5.97 Å². The lowest BCUT2D eigenvalue weighted by atomic mass is 9.91. The molecule has 0 saturated heterocycles. The second kappa shape index (κ2) is 5.40. The lowest BCUT2D eigenvalue weighted by molar-refractivity contribution is -0.152. The maximum Gasteiger partial charge on any atom is 0.331 e. The Morgan fingerprint density at radius 1 is 1.10 bits per heavy atom. The van der Waals surface area contributed by atoms with Gasteiger partial charge in [0.1, 0.15) is 0 Å². The first kappa shape index (κ1) is 13.4. The second-order valence-corrected chi connectivity index (χ2v) is 5.12. The summed E-state index contributed by atoms with van der Waals surface area (Å²) in [7, 11) is 0. The van der Waals surface area contributed by atoms with Crippen LogP contribution in [0.1, 0.15) is 22.7 Å². The van der Waals surface area contributed by atoms with Crippen LogP contribution < -0.4 is 0 Å². The van der Waals surface area contributed by atoms with Crippen molar-refractivity contribution in [3.05, 3.63) is 71.3 Å². The third-order valence-electron chi connectivity index (χ3n) is 3.75. The van der Waals surface area contributed by atoms with Gasteiger partial charge in [-0.2, -0.15) is 0 Å². The molecular formula is C17H15NO3. The van der Waals surface area contributed by atoms with E-state index in [2.05, 4.69) is 0 Å². The first-order chi connectivity index (χ1) is 10.2. The Bertz CT molecular complexity index is 681. The number of nitrogens with zero attached hydrogens (tertiary/aromatic N) is 1. The van der Waals surface area contributed by atoms with Crippen LogP contribution in [0.15, 0.2) is 54.6 Å². The first-order valence-corrected chi connectivity index (χ1v) is 6.81. The van der Waals surface area contributed by atoms with Crippen molar-refractivity contribution in [3.63, 3.8) is 0 Å². The molecular weight excluding hydrogens is 266 g/mol. The molecule has 0 saturated carbocycles. The quantitative estimate of drug-likeness (QED) is 0.939. The van der Waals surface area contributed by atoms with Gasteiger partial charge in [-0.25, -0.2) is 4.79 Å². The number of carbonyl (C=O) groups is 2. The number of carbonyl (C=O) groups excluding carboxylic acids is 1. The third kappa shape index (κ3) is 2.52. The normalized spacial score (nSPS) is 17.4. The summed E-state index contributed by atoms with van der Waals surface area (Å²) >= 11 is 0. The van der Waals surface area contributed by atoms with Gasteiger partial charge in [-0.05, 0) is 16.7 Å². The van der Waals surface area contributed by atoms with E-state index in [0.717, 1.165) is 11.1 Å². The molecule has 2 aromatic rings. The fourth-order valence-corrected chi connectivity index (χ4v) is 2.76. The van der Waals surface area contributed by atoms with Crippen LogP contribution in [-0.4, -0.2) is 21.9 Å². The van der Waals surface area contributed by atoms with E-state index in [1.165, 1.54) is 4.90 Å². The molecule has 3 rings (SSSR count). The summed E-state index contributed by atoms with van der Waals surface area (Å²) in [6.45, 7) is 0.310. The molecule has 0 aliphatic carbocycles. The Kier molecular flexibility index (Phi) is 3.44. The maximum atomic E-state index is 12.3. The predicted octanol–water partition coefficient (Wildman–Crippen LogP) is 2.40. The van der Waals surface area contributed by atoms with Crippen molar-refractivity contribution in [2.75, 3.05) is 0 Å². The topological polar surface area (TPSA) is 57.6 Å². The van der Waals surface area contributed by atoms with Gasteiger partial charge in [0.05, 0.1) is 6.42 Å². The molecule has 0 fully saturated rings. The van der Waals surface area contributed by atoms with Crippen LogP contribution in [0, 0.1) is 0 Å². The van der Waals surface area contributed by atoms with Gasteiger partial charge < -0.3 is 10.0 Å².